The number of anilines is 1. The van der Waals surface area contributed by atoms with E-state index >= 15 is 0 Å². The van der Waals surface area contributed by atoms with Gasteiger partial charge in [0.1, 0.15) is 6.54 Å². The smallest absolute Gasteiger partial charge is 0.325 e. The SMILES string of the molecule is CCOC(=O)CN(C)c1ncc(CN[C@H](C)c2cn3ccsc3n2)cn1. The number of imidazole rings is 1. The molecule has 8 nitrogen and oxygen atoms in total. The highest BCUT2D eigenvalue weighted by Crippen LogP contribution is 2.17. The Labute approximate surface area is 155 Å². The number of rotatable bonds is 8. The van der Waals surface area contributed by atoms with E-state index in [2.05, 4.69) is 27.2 Å². The van der Waals surface area contributed by atoms with E-state index in [1.54, 1.807) is 42.6 Å². The second-order valence-corrected chi connectivity index (χ2v) is 6.79. The van der Waals surface area contributed by atoms with Crippen molar-refractivity contribution in [2.45, 2.75) is 26.4 Å². The lowest BCUT2D eigenvalue weighted by molar-refractivity contribution is -0.141. The predicted octanol–water partition coefficient (Wildman–Crippen LogP) is 2.04. The second kappa shape index (κ2) is 8.24. The molecule has 0 saturated heterocycles. The number of fused-ring (bicyclic) bond motifs is 1. The summed E-state index contributed by atoms with van der Waals surface area (Å²) in [5, 5.41) is 5.44. The number of ether oxygens (including phenoxy) is 1. The zero-order valence-electron chi connectivity index (χ0n) is 15.0. The first-order valence-corrected chi connectivity index (χ1v) is 9.28. The minimum atomic E-state index is -0.293. The Bertz CT molecular complexity index is 831. The maximum absolute atomic E-state index is 11.5. The van der Waals surface area contributed by atoms with Crippen LogP contribution in [0.1, 0.15) is 31.1 Å². The van der Waals surface area contributed by atoms with Crippen LogP contribution in [0.15, 0.2) is 30.2 Å². The van der Waals surface area contributed by atoms with E-state index in [1.807, 2.05) is 22.2 Å². The van der Waals surface area contributed by atoms with E-state index in [0.29, 0.717) is 19.1 Å². The maximum atomic E-state index is 11.5. The summed E-state index contributed by atoms with van der Waals surface area (Å²) < 4.78 is 6.95. The molecule has 3 rings (SSSR count). The molecule has 0 bridgehead atoms. The normalized spacial score (nSPS) is 12.3. The second-order valence-electron chi connectivity index (χ2n) is 5.91. The summed E-state index contributed by atoms with van der Waals surface area (Å²) in [4.78, 5) is 27.4. The zero-order valence-corrected chi connectivity index (χ0v) is 15.9. The van der Waals surface area contributed by atoms with Gasteiger partial charge in [-0.05, 0) is 13.8 Å². The van der Waals surface area contributed by atoms with Crippen LogP contribution in [-0.2, 0) is 16.1 Å². The Morgan fingerprint density at radius 3 is 2.88 bits per heavy atom. The molecule has 3 aromatic rings. The summed E-state index contributed by atoms with van der Waals surface area (Å²) in [6.45, 7) is 4.98. The molecular formula is C17H22N6O2S. The summed E-state index contributed by atoms with van der Waals surface area (Å²) in [6, 6.07) is 0.119. The average molecular weight is 374 g/mol. The number of nitrogens with zero attached hydrogens (tertiary/aromatic N) is 5. The first-order chi connectivity index (χ1) is 12.6. The van der Waals surface area contributed by atoms with Gasteiger partial charge in [0.05, 0.1) is 12.3 Å². The molecule has 3 aromatic heterocycles. The quantitative estimate of drug-likeness (QED) is 0.604. The molecule has 0 amide bonds. The van der Waals surface area contributed by atoms with Crippen LogP contribution in [0.2, 0.25) is 0 Å². The molecule has 0 unspecified atom stereocenters. The molecule has 26 heavy (non-hydrogen) atoms. The fourth-order valence-corrected chi connectivity index (χ4v) is 3.14. The maximum Gasteiger partial charge on any atom is 0.325 e. The van der Waals surface area contributed by atoms with Gasteiger partial charge in [-0.1, -0.05) is 0 Å². The van der Waals surface area contributed by atoms with Crippen molar-refractivity contribution in [2.75, 3.05) is 25.1 Å². The van der Waals surface area contributed by atoms with Gasteiger partial charge in [0.15, 0.2) is 4.96 Å². The van der Waals surface area contributed by atoms with E-state index in [9.17, 15) is 4.79 Å². The molecule has 0 radical (unpaired) electrons. The van der Waals surface area contributed by atoms with Gasteiger partial charge < -0.3 is 15.0 Å². The number of aromatic nitrogens is 4. The summed E-state index contributed by atoms with van der Waals surface area (Å²) in [6.07, 6.45) is 7.56. The molecule has 0 spiro atoms. The van der Waals surface area contributed by atoms with Crippen molar-refractivity contribution in [3.63, 3.8) is 0 Å². The van der Waals surface area contributed by atoms with Crippen molar-refractivity contribution in [2.24, 2.45) is 0 Å². The molecule has 1 atom stereocenters. The van der Waals surface area contributed by atoms with E-state index in [1.165, 1.54) is 0 Å². The van der Waals surface area contributed by atoms with Crippen LogP contribution in [0.4, 0.5) is 5.95 Å². The fraction of sp³-hybridized carbons (Fsp3) is 0.412. The van der Waals surface area contributed by atoms with Crippen LogP contribution < -0.4 is 10.2 Å². The Hall–Kier alpha value is -2.52. The van der Waals surface area contributed by atoms with E-state index in [4.69, 9.17) is 4.74 Å². The first-order valence-electron chi connectivity index (χ1n) is 8.40. The highest BCUT2D eigenvalue weighted by Gasteiger charge is 2.12. The van der Waals surface area contributed by atoms with Gasteiger partial charge in [0, 0.05) is 55.4 Å². The molecule has 1 N–H and O–H groups in total. The minimum absolute atomic E-state index is 0.119. The minimum Gasteiger partial charge on any atom is -0.465 e. The average Bonchev–Trinajstić information content (AvgIpc) is 3.22. The summed E-state index contributed by atoms with van der Waals surface area (Å²) in [5.41, 5.74) is 1.97. The van der Waals surface area contributed by atoms with Gasteiger partial charge in [-0.2, -0.15) is 0 Å². The predicted molar refractivity (Wildman–Crippen MR) is 100 cm³/mol. The molecule has 9 heteroatoms. The molecule has 0 aromatic carbocycles. The van der Waals surface area contributed by atoms with Crippen LogP contribution in [0.3, 0.4) is 0 Å². The third-order valence-electron chi connectivity index (χ3n) is 3.87. The van der Waals surface area contributed by atoms with Crippen LogP contribution >= 0.6 is 11.3 Å². The lowest BCUT2D eigenvalue weighted by Crippen LogP contribution is -2.28. The fourth-order valence-electron chi connectivity index (χ4n) is 2.44. The molecule has 3 heterocycles. The molecule has 0 fully saturated rings. The Kier molecular flexibility index (Phi) is 5.79. The Balaban J connectivity index is 1.53. The third kappa shape index (κ3) is 4.36. The van der Waals surface area contributed by atoms with Crippen LogP contribution in [0.5, 0.6) is 0 Å². The number of carbonyl (C=O) groups excluding carboxylic acids is 1. The standard InChI is InChI=1S/C17H22N6O2S/c1-4-25-15(24)11-22(3)16-19-8-13(9-20-16)7-18-12(2)14-10-23-5-6-26-17(23)21-14/h5-6,8-10,12,18H,4,7,11H2,1-3H3/t12-/m1/s1. The number of carbonyl (C=O) groups is 1. The van der Waals surface area contributed by atoms with Crippen molar-refractivity contribution in [3.05, 3.63) is 41.4 Å². The lowest BCUT2D eigenvalue weighted by atomic mass is 10.2. The van der Waals surface area contributed by atoms with Crippen LogP contribution in [-0.4, -0.2) is 45.5 Å². The Morgan fingerprint density at radius 1 is 1.42 bits per heavy atom. The first kappa shape index (κ1) is 18.3. The molecule has 138 valence electrons. The van der Waals surface area contributed by atoms with Gasteiger partial charge in [-0.15, -0.1) is 11.3 Å². The number of hydrogen-bond acceptors (Lipinski definition) is 8. The van der Waals surface area contributed by atoms with Crippen molar-refractivity contribution >= 4 is 28.2 Å². The topological polar surface area (TPSA) is 84.7 Å². The third-order valence-corrected chi connectivity index (χ3v) is 4.64. The number of esters is 1. The van der Waals surface area contributed by atoms with E-state index < -0.39 is 0 Å². The van der Waals surface area contributed by atoms with Crippen LogP contribution in [0, 0.1) is 0 Å². The van der Waals surface area contributed by atoms with Gasteiger partial charge in [0.2, 0.25) is 5.95 Å². The molecule has 0 aliphatic rings. The lowest BCUT2D eigenvalue weighted by Gasteiger charge is -2.16. The van der Waals surface area contributed by atoms with E-state index in [0.717, 1.165) is 16.2 Å². The van der Waals surface area contributed by atoms with Crippen molar-refractivity contribution < 1.29 is 9.53 Å². The highest BCUT2D eigenvalue weighted by molar-refractivity contribution is 7.15. The van der Waals surface area contributed by atoms with Crippen molar-refractivity contribution in [3.8, 4) is 0 Å². The molecule has 0 saturated carbocycles. The Morgan fingerprint density at radius 2 is 2.19 bits per heavy atom. The molecular weight excluding hydrogens is 352 g/mol. The van der Waals surface area contributed by atoms with Gasteiger partial charge >= 0.3 is 5.97 Å². The molecule has 0 aliphatic heterocycles. The largest absolute Gasteiger partial charge is 0.465 e. The summed E-state index contributed by atoms with van der Waals surface area (Å²) in [5.74, 6) is 0.197. The summed E-state index contributed by atoms with van der Waals surface area (Å²) in [7, 11) is 1.76. The number of thiazole rings is 1. The van der Waals surface area contributed by atoms with Crippen molar-refractivity contribution in [1.29, 1.82) is 0 Å². The van der Waals surface area contributed by atoms with Crippen LogP contribution in [0.25, 0.3) is 4.96 Å². The number of nitrogens with one attached hydrogen (secondary N) is 1. The van der Waals surface area contributed by atoms with Gasteiger partial charge in [-0.25, -0.2) is 15.0 Å². The number of likely N-dealkylation sites (N-methyl/N-ethyl adjacent to an activating group) is 1. The van der Waals surface area contributed by atoms with Gasteiger partial charge in [0.25, 0.3) is 0 Å². The number of hydrogen-bond donors (Lipinski definition) is 1. The summed E-state index contributed by atoms with van der Waals surface area (Å²) >= 11 is 1.62. The van der Waals surface area contributed by atoms with Gasteiger partial charge in [-0.3, -0.25) is 9.20 Å². The monoisotopic (exact) mass is 374 g/mol. The van der Waals surface area contributed by atoms with E-state index in [-0.39, 0.29) is 18.6 Å². The molecule has 0 aliphatic carbocycles. The highest BCUT2D eigenvalue weighted by atomic mass is 32.1. The zero-order chi connectivity index (χ0) is 18.5. The van der Waals surface area contributed by atoms with Crippen molar-refractivity contribution in [1.82, 2.24) is 24.7 Å².